The summed E-state index contributed by atoms with van der Waals surface area (Å²) >= 11 is 0. The molecule has 6 nitrogen and oxygen atoms in total. The molecule has 0 bridgehead atoms. The average molecular weight is 313 g/mol. The van der Waals surface area contributed by atoms with Gasteiger partial charge in [0.2, 0.25) is 5.91 Å². The average Bonchev–Trinajstić information content (AvgIpc) is 2.63. The van der Waals surface area contributed by atoms with E-state index in [0.717, 1.165) is 38.4 Å². The summed E-state index contributed by atoms with van der Waals surface area (Å²) in [7, 11) is 0. The van der Waals surface area contributed by atoms with Crippen LogP contribution in [0.25, 0.3) is 0 Å². The first-order valence-corrected chi connectivity index (χ1v) is 8.51. The molecular formula is C17H23N5O. The lowest BCUT2D eigenvalue weighted by molar-refractivity contribution is -0.132. The fourth-order valence-corrected chi connectivity index (χ4v) is 3.49. The van der Waals surface area contributed by atoms with Crippen molar-refractivity contribution in [3.05, 3.63) is 18.1 Å². The van der Waals surface area contributed by atoms with Gasteiger partial charge in [-0.2, -0.15) is 5.26 Å². The largest absolute Gasteiger partial charge is 0.352 e. The van der Waals surface area contributed by atoms with Crippen LogP contribution in [0.4, 0.5) is 5.82 Å². The Balaban J connectivity index is 1.49. The van der Waals surface area contributed by atoms with Gasteiger partial charge in [-0.1, -0.05) is 19.3 Å². The predicted molar refractivity (Wildman–Crippen MR) is 86.7 cm³/mol. The number of carbonyl (C=O) groups is 1. The first-order chi connectivity index (χ1) is 11.3. The van der Waals surface area contributed by atoms with Crippen LogP contribution < -0.4 is 4.90 Å². The molecule has 1 aliphatic heterocycles. The van der Waals surface area contributed by atoms with Gasteiger partial charge in [-0.3, -0.25) is 4.79 Å². The lowest BCUT2D eigenvalue weighted by Gasteiger charge is -2.36. The highest BCUT2D eigenvalue weighted by Gasteiger charge is 2.25. The Bertz CT molecular complexity index is 566. The van der Waals surface area contributed by atoms with E-state index < -0.39 is 0 Å². The lowest BCUT2D eigenvalue weighted by atomic mass is 9.86. The Morgan fingerprint density at radius 2 is 1.87 bits per heavy atom. The molecule has 1 saturated heterocycles. The highest BCUT2D eigenvalue weighted by molar-refractivity contribution is 5.76. The summed E-state index contributed by atoms with van der Waals surface area (Å²) in [5.74, 6) is 1.68. The molecule has 2 fully saturated rings. The second-order valence-corrected chi connectivity index (χ2v) is 6.45. The van der Waals surface area contributed by atoms with Crippen LogP contribution in [0, 0.1) is 17.2 Å². The summed E-state index contributed by atoms with van der Waals surface area (Å²) in [4.78, 5) is 24.9. The Hall–Kier alpha value is -2.16. The minimum absolute atomic E-state index is 0.308. The summed E-state index contributed by atoms with van der Waals surface area (Å²) in [6.45, 7) is 3.04. The van der Waals surface area contributed by atoms with E-state index in [4.69, 9.17) is 5.26 Å². The third-order valence-corrected chi connectivity index (χ3v) is 4.90. The molecule has 0 atom stereocenters. The van der Waals surface area contributed by atoms with Gasteiger partial charge in [-0.25, -0.2) is 9.97 Å². The standard InChI is InChI=1S/C17H23N5O/c18-11-15-12-20-16(13-19-15)21-6-8-22(9-7-21)17(23)10-14-4-2-1-3-5-14/h12-14H,1-10H2. The molecule has 0 N–H and O–H groups in total. The first kappa shape index (κ1) is 15.7. The maximum absolute atomic E-state index is 12.4. The molecule has 6 heteroatoms. The third kappa shape index (κ3) is 3.98. The number of nitriles is 1. The topological polar surface area (TPSA) is 73.1 Å². The van der Waals surface area contributed by atoms with Gasteiger partial charge >= 0.3 is 0 Å². The molecule has 0 radical (unpaired) electrons. The van der Waals surface area contributed by atoms with Gasteiger partial charge in [0, 0.05) is 32.6 Å². The second-order valence-electron chi connectivity index (χ2n) is 6.45. The van der Waals surface area contributed by atoms with Crippen molar-refractivity contribution in [3.63, 3.8) is 0 Å². The second kappa shape index (κ2) is 7.40. The highest BCUT2D eigenvalue weighted by Crippen LogP contribution is 2.27. The molecule has 3 rings (SSSR count). The highest BCUT2D eigenvalue weighted by atomic mass is 16.2. The van der Waals surface area contributed by atoms with Gasteiger partial charge in [-0.15, -0.1) is 0 Å². The van der Waals surface area contributed by atoms with E-state index in [9.17, 15) is 4.79 Å². The van der Waals surface area contributed by atoms with Crippen LogP contribution in [0.1, 0.15) is 44.2 Å². The van der Waals surface area contributed by atoms with Gasteiger partial charge in [0.1, 0.15) is 11.9 Å². The normalized spacial score (nSPS) is 19.4. The number of aromatic nitrogens is 2. The summed E-state index contributed by atoms with van der Waals surface area (Å²) in [6, 6.07) is 1.97. The number of nitrogens with zero attached hydrogens (tertiary/aromatic N) is 5. The van der Waals surface area contributed by atoms with Gasteiger partial charge < -0.3 is 9.80 Å². The van der Waals surface area contributed by atoms with Crippen molar-refractivity contribution in [1.29, 1.82) is 5.26 Å². The lowest BCUT2D eigenvalue weighted by Crippen LogP contribution is -2.49. The molecule has 0 aromatic carbocycles. The van der Waals surface area contributed by atoms with E-state index in [2.05, 4.69) is 14.9 Å². The Labute approximate surface area is 137 Å². The molecule has 1 saturated carbocycles. The summed E-state index contributed by atoms with van der Waals surface area (Å²) in [5, 5.41) is 8.76. The molecule has 23 heavy (non-hydrogen) atoms. The predicted octanol–water partition coefficient (Wildman–Crippen LogP) is 1.97. The van der Waals surface area contributed by atoms with Crippen molar-refractivity contribution < 1.29 is 4.79 Å². The minimum Gasteiger partial charge on any atom is -0.352 e. The van der Waals surface area contributed by atoms with Crippen LogP contribution in [-0.2, 0) is 4.79 Å². The smallest absolute Gasteiger partial charge is 0.222 e. The van der Waals surface area contributed by atoms with Crippen LogP contribution in [0.5, 0.6) is 0 Å². The summed E-state index contributed by atoms with van der Waals surface area (Å²) < 4.78 is 0. The summed E-state index contributed by atoms with van der Waals surface area (Å²) in [6.07, 6.45) is 10.2. The molecule has 1 aliphatic carbocycles. The van der Waals surface area contributed by atoms with Crippen LogP contribution >= 0.6 is 0 Å². The van der Waals surface area contributed by atoms with Gasteiger partial charge in [0.05, 0.1) is 12.4 Å². The number of hydrogen-bond acceptors (Lipinski definition) is 5. The third-order valence-electron chi connectivity index (χ3n) is 4.90. The van der Waals surface area contributed by atoms with Crippen LogP contribution in [0.2, 0.25) is 0 Å². The molecule has 0 unspecified atom stereocenters. The molecule has 2 aliphatic rings. The molecule has 0 spiro atoms. The molecule has 1 aromatic heterocycles. The van der Waals surface area contributed by atoms with Crippen LogP contribution in [0.3, 0.4) is 0 Å². The monoisotopic (exact) mass is 313 g/mol. The Morgan fingerprint density at radius 3 is 2.48 bits per heavy atom. The zero-order valence-corrected chi connectivity index (χ0v) is 13.4. The molecular weight excluding hydrogens is 290 g/mol. The van der Waals surface area contributed by atoms with E-state index in [-0.39, 0.29) is 0 Å². The van der Waals surface area contributed by atoms with Crippen molar-refractivity contribution in [2.75, 3.05) is 31.1 Å². The van der Waals surface area contributed by atoms with Crippen molar-refractivity contribution >= 4 is 11.7 Å². The van der Waals surface area contributed by atoms with Crippen LogP contribution in [-0.4, -0.2) is 47.0 Å². The first-order valence-electron chi connectivity index (χ1n) is 8.51. The number of amides is 1. The summed E-state index contributed by atoms with van der Waals surface area (Å²) in [5.41, 5.74) is 0.329. The molecule has 122 valence electrons. The van der Waals surface area contributed by atoms with Crippen molar-refractivity contribution in [2.24, 2.45) is 5.92 Å². The fourth-order valence-electron chi connectivity index (χ4n) is 3.49. The van der Waals surface area contributed by atoms with Crippen LogP contribution in [0.15, 0.2) is 12.4 Å². The van der Waals surface area contributed by atoms with Crippen molar-refractivity contribution in [3.8, 4) is 6.07 Å². The van der Waals surface area contributed by atoms with Gasteiger partial charge in [-0.05, 0) is 18.8 Å². The number of hydrogen-bond donors (Lipinski definition) is 0. The van der Waals surface area contributed by atoms with Gasteiger partial charge in [0.25, 0.3) is 0 Å². The fraction of sp³-hybridized carbons (Fsp3) is 0.647. The van der Waals surface area contributed by atoms with E-state index >= 15 is 0 Å². The molecule has 2 heterocycles. The number of rotatable bonds is 3. The van der Waals surface area contributed by atoms with E-state index in [0.29, 0.717) is 17.5 Å². The molecule has 1 amide bonds. The quantitative estimate of drug-likeness (QED) is 0.853. The maximum Gasteiger partial charge on any atom is 0.222 e. The minimum atomic E-state index is 0.308. The number of carbonyl (C=O) groups excluding carboxylic acids is 1. The Morgan fingerprint density at radius 1 is 1.13 bits per heavy atom. The van der Waals surface area contributed by atoms with Crippen molar-refractivity contribution in [1.82, 2.24) is 14.9 Å². The zero-order valence-electron chi connectivity index (χ0n) is 13.4. The van der Waals surface area contributed by atoms with Gasteiger partial charge in [0.15, 0.2) is 5.69 Å². The van der Waals surface area contributed by atoms with E-state index in [1.807, 2.05) is 11.0 Å². The number of anilines is 1. The SMILES string of the molecule is N#Cc1cnc(N2CCN(C(=O)CC3CCCCC3)CC2)cn1. The van der Waals surface area contributed by atoms with Crippen molar-refractivity contribution in [2.45, 2.75) is 38.5 Å². The number of piperazine rings is 1. The molecule has 1 aromatic rings. The zero-order chi connectivity index (χ0) is 16.1. The Kier molecular flexibility index (Phi) is 5.06. The van der Waals surface area contributed by atoms with E-state index in [1.54, 1.807) is 6.20 Å². The van der Waals surface area contributed by atoms with E-state index in [1.165, 1.54) is 38.3 Å². The maximum atomic E-state index is 12.4.